The molecule has 6 rings (SSSR count). The van der Waals surface area contributed by atoms with Gasteiger partial charge in [-0.1, -0.05) is 25.1 Å². The third-order valence-corrected chi connectivity index (χ3v) is 10.0. The third kappa shape index (κ3) is 1.38. The van der Waals surface area contributed by atoms with Crippen molar-refractivity contribution in [1.29, 1.82) is 0 Å². The standard InChI is InChI=1S/C23H31N2O2/c1-4-25-12-7-10-21-14-17(19(26)27-3)23(15(21)2)22(11-13-25,20(21)25)16-8-5-6-9-18(16)24-23/h5-6,8-9,15,17,20,24H,4,7,10-14H2,1-3H3/q+1/t15-,17-,20-,21-,22-,23+,25?/m1/s1. The number of esters is 1. The number of nitrogens with one attached hydrogen (secondary N) is 1. The Bertz CT molecular complexity index is 855. The van der Waals surface area contributed by atoms with Gasteiger partial charge in [0.05, 0.1) is 43.6 Å². The van der Waals surface area contributed by atoms with Crippen molar-refractivity contribution in [1.82, 2.24) is 0 Å². The van der Waals surface area contributed by atoms with Gasteiger partial charge in [0.15, 0.2) is 0 Å². The van der Waals surface area contributed by atoms with Gasteiger partial charge >= 0.3 is 5.97 Å². The smallest absolute Gasteiger partial charge is 0.311 e. The molecule has 4 fully saturated rings. The Morgan fingerprint density at radius 2 is 2.11 bits per heavy atom. The number of quaternary nitrogens is 1. The van der Waals surface area contributed by atoms with Crippen LogP contribution in [0.4, 0.5) is 5.69 Å². The van der Waals surface area contributed by atoms with E-state index in [1.165, 1.54) is 54.6 Å². The van der Waals surface area contributed by atoms with Crippen LogP contribution in [-0.4, -0.2) is 48.8 Å². The number of likely N-dealkylation sites (N-methyl/N-ethyl adjacent to an activating group) is 1. The Hall–Kier alpha value is -1.55. The molecular weight excluding hydrogens is 336 g/mol. The van der Waals surface area contributed by atoms with Crippen molar-refractivity contribution in [2.24, 2.45) is 17.3 Å². The molecule has 1 N–H and O–H groups in total. The Morgan fingerprint density at radius 3 is 2.89 bits per heavy atom. The zero-order chi connectivity index (χ0) is 18.7. The van der Waals surface area contributed by atoms with Gasteiger partial charge in [0.25, 0.3) is 0 Å². The summed E-state index contributed by atoms with van der Waals surface area (Å²) in [6, 6.07) is 9.58. The molecule has 1 aromatic carbocycles. The Labute approximate surface area is 161 Å². The summed E-state index contributed by atoms with van der Waals surface area (Å²) in [5.41, 5.74) is 2.94. The Balaban J connectivity index is 1.68. The van der Waals surface area contributed by atoms with Crippen LogP contribution >= 0.6 is 0 Å². The van der Waals surface area contributed by atoms with Crippen LogP contribution in [-0.2, 0) is 14.9 Å². The molecule has 27 heavy (non-hydrogen) atoms. The van der Waals surface area contributed by atoms with E-state index in [1.54, 1.807) is 7.11 Å². The highest BCUT2D eigenvalue weighted by molar-refractivity contribution is 5.82. The van der Waals surface area contributed by atoms with Gasteiger partial charge in [0.2, 0.25) is 0 Å². The number of methoxy groups -OCH3 is 1. The fraction of sp³-hybridized carbons (Fsp3) is 0.696. The minimum absolute atomic E-state index is 0.00364. The zero-order valence-corrected chi connectivity index (χ0v) is 16.8. The van der Waals surface area contributed by atoms with Crippen molar-refractivity contribution in [3.63, 3.8) is 0 Å². The average Bonchev–Trinajstić information content (AvgIpc) is 3.34. The van der Waals surface area contributed by atoms with Crippen LogP contribution in [0, 0.1) is 17.3 Å². The first kappa shape index (κ1) is 16.4. The van der Waals surface area contributed by atoms with Gasteiger partial charge in [-0.3, -0.25) is 4.79 Å². The van der Waals surface area contributed by atoms with Gasteiger partial charge in [0, 0.05) is 17.5 Å². The molecular formula is C23H31N2O2+. The van der Waals surface area contributed by atoms with Crippen molar-refractivity contribution < 1.29 is 14.0 Å². The predicted octanol–water partition coefficient (Wildman–Crippen LogP) is 3.32. The monoisotopic (exact) mass is 367 g/mol. The Morgan fingerprint density at radius 1 is 1.30 bits per heavy atom. The first-order valence-electron chi connectivity index (χ1n) is 10.8. The van der Waals surface area contributed by atoms with E-state index >= 15 is 0 Å². The summed E-state index contributed by atoms with van der Waals surface area (Å²) in [6.45, 7) is 8.66. The number of hydrogen-bond donors (Lipinski definition) is 1. The van der Waals surface area contributed by atoms with Crippen molar-refractivity contribution in [3.8, 4) is 0 Å². The lowest BCUT2D eigenvalue weighted by Crippen LogP contribution is -2.68. The topological polar surface area (TPSA) is 38.3 Å². The van der Waals surface area contributed by atoms with E-state index in [9.17, 15) is 4.79 Å². The summed E-state index contributed by atoms with van der Waals surface area (Å²) in [7, 11) is 1.57. The molecule has 1 unspecified atom stereocenters. The van der Waals surface area contributed by atoms with Crippen molar-refractivity contribution >= 4 is 11.7 Å². The molecule has 0 radical (unpaired) electrons. The lowest BCUT2D eigenvalue weighted by atomic mass is 9.56. The highest BCUT2D eigenvalue weighted by Gasteiger charge is 2.90. The molecule has 2 bridgehead atoms. The average molecular weight is 368 g/mol. The second kappa shape index (κ2) is 4.71. The molecule has 144 valence electrons. The molecule has 4 heteroatoms. The first-order chi connectivity index (χ1) is 13.0. The fourth-order valence-corrected chi connectivity index (χ4v) is 9.47. The molecule has 3 aliphatic heterocycles. The number of para-hydroxylation sites is 1. The lowest BCUT2D eigenvalue weighted by Gasteiger charge is -2.55. The number of carbonyl (C=O) groups excluding carboxylic acids is 1. The van der Waals surface area contributed by atoms with Gasteiger partial charge in [-0.15, -0.1) is 0 Å². The van der Waals surface area contributed by atoms with Crippen LogP contribution in [0.3, 0.4) is 0 Å². The van der Waals surface area contributed by atoms with Crippen molar-refractivity contribution in [2.75, 3.05) is 32.1 Å². The van der Waals surface area contributed by atoms with Gasteiger partial charge in [-0.2, -0.15) is 0 Å². The Kier molecular flexibility index (Phi) is 2.86. The molecule has 3 heterocycles. The number of hydrogen-bond acceptors (Lipinski definition) is 3. The van der Waals surface area contributed by atoms with Gasteiger partial charge in [0.1, 0.15) is 6.04 Å². The second-order valence-electron chi connectivity index (χ2n) is 9.98. The molecule has 5 aliphatic rings. The number of benzene rings is 1. The van der Waals surface area contributed by atoms with E-state index in [2.05, 4.69) is 43.4 Å². The van der Waals surface area contributed by atoms with E-state index < -0.39 is 0 Å². The van der Waals surface area contributed by atoms with Crippen LogP contribution in [0.2, 0.25) is 0 Å². The molecule has 2 aliphatic carbocycles. The number of nitrogens with zero attached hydrogens (tertiary/aromatic N) is 1. The SMILES string of the molecule is CC[N+]12CCC[C@]34C[C@H](C(=O)OC)[C@@]5(Nc6ccccc6[C@]5(CC1)[C@@H]32)[C@@H]4C. The van der Waals surface area contributed by atoms with Crippen LogP contribution < -0.4 is 5.32 Å². The second-order valence-corrected chi connectivity index (χ2v) is 9.98. The summed E-state index contributed by atoms with van der Waals surface area (Å²) in [5.74, 6) is 0.469. The summed E-state index contributed by atoms with van der Waals surface area (Å²) in [4.78, 5) is 13.1. The van der Waals surface area contributed by atoms with Crippen LogP contribution in [0.15, 0.2) is 24.3 Å². The normalized spacial score (nSPS) is 50.7. The lowest BCUT2D eigenvalue weighted by molar-refractivity contribution is -0.952. The van der Waals surface area contributed by atoms with Crippen molar-refractivity contribution in [3.05, 3.63) is 29.8 Å². The minimum atomic E-state index is -0.173. The van der Waals surface area contributed by atoms with Gasteiger partial charge in [-0.25, -0.2) is 0 Å². The molecule has 2 saturated carbocycles. The van der Waals surface area contributed by atoms with Crippen molar-refractivity contribution in [2.45, 2.75) is 56.5 Å². The van der Waals surface area contributed by atoms with E-state index in [0.717, 1.165) is 6.42 Å². The van der Waals surface area contributed by atoms with E-state index in [1.807, 2.05) is 0 Å². The largest absolute Gasteiger partial charge is 0.469 e. The maximum Gasteiger partial charge on any atom is 0.311 e. The van der Waals surface area contributed by atoms with E-state index in [-0.39, 0.29) is 28.3 Å². The minimum Gasteiger partial charge on any atom is -0.469 e. The molecule has 7 atom stereocenters. The molecule has 3 spiro atoms. The summed E-state index contributed by atoms with van der Waals surface area (Å²) < 4.78 is 6.66. The molecule has 0 aromatic heterocycles. The van der Waals surface area contributed by atoms with Gasteiger partial charge < -0.3 is 14.5 Å². The quantitative estimate of drug-likeness (QED) is 0.644. The number of anilines is 1. The number of fused-ring (bicyclic) bond motifs is 1. The van der Waals surface area contributed by atoms with Crippen LogP contribution in [0.1, 0.15) is 45.1 Å². The molecule has 2 saturated heterocycles. The number of piperidine rings is 1. The highest BCUT2D eigenvalue weighted by Crippen LogP contribution is 2.81. The van der Waals surface area contributed by atoms with Gasteiger partial charge in [-0.05, 0) is 43.7 Å². The highest BCUT2D eigenvalue weighted by atomic mass is 16.5. The molecule has 0 amide bonds. The fourth-order valence-electron chi connectivity index (χ4n) is 9.47. The number of rotatable bonds is 2. The summed E-state index contributed by atoms with van der Waals surface area (Å²) >= 11 is 0. The van der Waals surface area contributed by atoms with Crippen LogP contribution in [0.5, 0.6) is 0 Å². The zero-order valence-electron chi connectivity index (χ0n) is 16.8. The number of ether oxygens (including phenoxy) is 1. The van der Waals surface area contributed by atoms with E-state index in [0.29, 0.717) is 12.0 Å². The summed E-state index contributed by atoms with van der Waals surface area (Å²) in [6.07, 6.45) is 4.79. The third-order valence-electron chi connectivity index (χ3n) is 10.0. The number of carbonyl (C=O) groups is 1. The maximum absolute atomic E-state index is 13.1. The molecule has 4 nitrogen and oxygen atoms in total. The summed E-state index contributed by atoms with van der Waals surface area (Å²) in [5, 5.41) is 4.02. The predicted molar refractivity (Wildman–Crippen MR) is 104 cm³/mol. The first-order valence-corrected chi connectivity index (χ1v) is 10.8. The van der Waals surface area contributed by atoms with Crippen LogP contribution in [0.25, 0.3) is 0 Å². The maximum atomic E-state index is 13.1. The molecule has 1 aromatic rings. The van der Waals surface area contributed by atoms with E-state index in [4.69, 9.17) is 4.74 Å².